The van der Waals surface area contributed by atoms with Crippen LogP contribution in [0, 0.1) is 0 Å². The number of benzene rings is 1. The molecular formula is C16H21N3O. The van der Waals surface area contributed by atoms with Gasteiger partial charge < -0.3 is 10.5 Å². The normalized spacial score (nSPS) is 16.2. The Morgan fingerprint density at radius 3 is 2.70 bits per heavy atom. The standard InChI is InChI=1S/C16H21N3O/c1-20-15-8-7-12(14-10-18-19-16(14)17)9-13(15)11-5-3-2-4-6-11/h7-11H,2-6H2,1H3,(H3,17,18,19). The van der Waals surface area contributed by atoms with Gasteiger partial charge in [0.25, 0.3) is 0 Å². The van der Waals surface area contributed by atoms with Gasteiger partial charge in [0.15, 0.2) is 0 Å². The van der Waals surface area contributed by atoms with E-state index in [0.29, 0.717) is 11.7 Å². The molecule has 0 atom stereocenters. The molecule has 3 N–H and O–H groups in total. The van der Waals surface area contributed by atoms with Gasteiger partial charge in [-0.3, -0.25) is 5.10 Å². The number of aromatic nitrogens is 2. The van der Waals surface area contributed by atoms with Gasteiger partial charge in [-0.1, -0.05) is 25.3 Å². The first-order chi connectivity index (χ1) is 9.79. The molecule has 20 heavy (non-hydrogen) atoms. The lowest BCUT2D eigenvalue weighted by Crippen LogP contribution is -2.06. The summed E-state index contributed by atoms with van der Waals surface area (Å²) in [4.78, 5) is 0. The molecule has 0 amide bonds. The SMILES string of the molecule is COc1ccc(-c2cn[nH]c2N)cc1C1CCCCC1. The highest BCUT2D eigenvalue weighted by Crippen LogP contribution is 2.39. The van der Waals surface area contributed by atoms with Crippen molar-refractivity contribution in [2.45, 2.75) is 38.0 Å². The summed E-state index contributed by atoms with van der Waals surface area (Å²) in [5.74, 6) is 2.21. The maximum atomic E-state index is 5.92. The summed E-state index contributed by atoms with van der Waals surface area (Å²) < 4.78 is 5.55. The van der Waals surface area contributed by atoms with Crippen molar-refractivity contribution in [1.82, 2.24) is 10.2 Å². The molecule has 4 nitrogen and oxygen atoms in total. The minimum Gasteiger partial charge on any atom is -0.496 e. The molecule has 0 radical (unpaired) electrons. The summed E-state index contributed by atoms with van der Waals surface area (Å²) in [6.07, 6.45) is 8.26. The van der Waals surface area contributed by atoms with Crippen LogP contribution in [-0.2, 0) is 0 Å². The van der Waals surface area contributed by atoms with E-state index >= 15 is 0 Å². The molecule has 0 unspecified atom stereocenters. The van der Waals surface area contributed by atoms with Crippen molar-refractivity contribution in [3.63, 3.8) is 0 Å². The van der Waals surface area contributed by atoms with E-state index in [1.54, 1.807) is 13.3 Å². The van der Waals surface area contributed by atoms with Crippen LogP contribution in [0.1, 0.15) is 43.6 Å². The maximum absolute atomic E-state index is 5.92. The average molecular weight is 271 g/mol. The number of nitrogens with zero attached hydrogens (tertiary/aromatic N) is 1. The van der Waals surface area contributed by atoms with E-state index in [0.717, 1.165) is 16.9 Å². The van der Waals surface area contributed by atoms with E-state index in [1.807, 2.05) is 12.1 Å². The summed E-state index contributed by atoms with van der Waals surface area (Å²) in [6, 6.07) is 6.31. The highest BCUT2D eigenvalue weighted by molar-refractivity contribution is 5.74. The van der Waals surface area contributed by atoms with E-state index < -0.39 is 0 Å². The van der Waals surface area contributed by atoms with Gasteiger partial charge in [0, 0.05) is 5.56 Å². The van der Waals surface area contributed by atoms with Gasteiger partial charge >= 0.3 is 0 Å². The Kier molecular flexibility index (Phi) is 3.63. The first kappa shape index (κ1) is 13.0. The fraction of sp³-hybridized carbons (Fsp3) is 0.438. The van der Waals surface area contributed by atoms with Crippen LogP contribution in [0.25, 0.3) is 11.1 Å². The highest BCUT2D eigenvalue weighted by atomic mass is 16.5. The van der Waals surface area contributed by atoms with Gasteiger partial charge in [-0.2, -0.15) is 5.10 Å². The fourth-order valence-corrected chi connectivity index (χ4v) is 3.16. The van der Waals surface area contributed by atoms with Crippen molar-refractivity contribution in [2.75, 3.05) is 12.8 Å². The van der Waals surface area contributed by atoms with Crippen molar-refractivity contribution < 1.29 is 4.74 Å². The van der Waals surface area contributed by atoms with Crippen LogP contribution >= 0.6 is 0 Å². The van der Waals surface area contributed by atoms with Crippen LogP contribution in [0.2, 0.25) is 0 Å². The van der Waals surface area contributed by atoms with E-state index in [9.17, 15) is 0 Å². The molecule has 106 valence electrons. The number of anilines is 1. The van der Waals surface area contributed by atoms with Crippen LogP contribution < -0.4 is 10.5 Å². The van der Waals surface area contributed by atoms with E-state index in [2.05, 4.69) is 16.3 Å². The van der Waals surface area contributed by atoms with Crippen LogP contribution in [0.4, 0.5) is 5.82 Å². The fourth-order valence-electron chi connectivity index (χ4n) is 3.16. The van der Waals surface area contributed by atoms with Crippen molar-refractivity contribution >= 4 is 5.82 Å². The molecule has 1 aromatic heterocycles. The summed E-state index contributed by atoms with van der Waals surface area (Å²) >= 11 is 0. The number of aromatic amines is 1. The summed E-state index contributed by atoms with van der Waals surface area (Å²) in [6.45, 7) is 0. The van der Waals surface area contributed by atoms with E-state index in [4.69, 9.17) is 10.5 Å². The molecular weight excluding hydrogens is 250 g/mol. The van der Waals surface area contributed by atoms with Crippen molar-refractivity contribution in [3.8, 4) is 16.9 Å². The zero-order valence-electron chi connectivity index (χ0n) is 11.9. The Morgan fingerprint density at radius 1 is 1.25 bits per heavy atom. The molecule has 3 rings (SSSR count). The van der Waals surface area contributed by atoms with Gasteiger partial charge in [0.1, 0.15) is 11.6 Å². The van der Waals surface area contributed by atoms with Crippen LogP contribution in [0.5, 0.6) is 5.75 Å². The summed E-state index contributed by atoms with van der Waals surface area (Å²) in [5.41, 5.74) is 9.30. The molecule has 0 spiro atoms. The molecule has 1 saturated carbocycles. The van der Waals surface area contributed by atoms with Crippen molar-refractivity contribution in [2.24, 2.45) is 0 Å². The van der Waals surface area contributed by atoms with Crippen LogP contribution in [-0.4, -0.2) is 17.3 Å². The molecule has 0 bridgehead atoms. The lowest BCUT2D eigenvalue weighted by atomic mass is 9.83. The lowest BCUT2D eigenvalue weighted by molar-refractivity contribution is 0.387. The number of hydrogen-bond acceptors (Lipinski definition) is 3. The van der Waals surface area contributed by atoms with Crippen LogP contribution in [0.3, 0.4) is 0 Å². The summed E-state index contributed by atoms with van der Waals surface area (Å²) in [5, 5.41) is 6.79. The van der Waals surface area contributed by atoms with Crippen LogP contribution in [0.15, 0.2) is 24.4 Å². The summed E-state index contributed by atoms with van der Waals surface area (Å²) in [7, 11) is 1.74. The third-order valence-corrected chi connectivity index (χ3v) is 4.25. The lowest BCUT2D eigenvalue weighted by Gasteiger charge is -2.24. The number of H-pyrrole nitrogens is 1. The molecule has 1 fully saturated rings. The topological polar surface area (TPSA) is 63.9 Å². The number of nitrogen functional groups attached to an aromatic ring is 1. The third-order valence-electron chi connectivity index (χ3n) is 4.25. The Morgan fingerprint density at radius 2 is 2.05 bits per heavy atom. The van der Waals surface area contributed by atoms with E-state index in [-0.39, 0.29) is 0 Å². The van der Waals surface area contributed by atoms with E-state index in [1.165, 1.54) is 37.7 Å². The minimum absolute atomic E-state index is 0.603. The van der Waals surface area contributed by atoms with Crippen molar-refractivity contribution in [3.05, 3.63) is 30.0 Å². The first-order valence-corrected chi connectivity index (χ1v) is 7.26. The second-order valence-corrected chi connectivity index (χ2v) is 5.49. The van der Waals surface area contributed by atoms with Gasteiger partial charge in [-0.05, 0) is 42.0 Å². The molecule has 1 heterocycles. The quantitative estimate of drug-likeness (QED) is 0.894. The van der Waals surface area contributed by atoms with Gasteiger partial charge in [0.2, 0.25) is 0 Å². The van der Waals surface area contributed by atoms with Crippen molar-refractivity contribution in [1.29, 1.82) is 0 Å². The number of rotatable bonds is 3. The zero-order chi connectivity index (χ0) is 13.9. The van der Waals surface area contributed by atoms with Gasteiger partial charge in [0.05, 0.1) is 13.3 Å². The number of hydrogen-bond donors (Lipinski definition) is 2. The molecule has 1 aromatic carbocycles. The molecule has 4 heteroatoms. The Balaban J connectivity index is 2.00. The smallest absolute Gasteiger partial charge is 0.126 e. The average Bonchev–Trinajstić information content (AvgIpc) is 2.93. The maximum Gasteiger partial charge on any atom is 0.126 e. The molecule has 2 aromatic rings. The number of methoxy groups -OCH3 is 1. The largest absolute Gasteiger partial charge is 0.496 e. The molecule has 0 saturated heterocycles. The number of nitrogens with one attached hydrogen (secondary N) is 1. The Hall–Kier alpha value is -1.97. The molecule has 0 aliphatic heterocycles. The third kappa shape index (κ3) is 2.38. The second kappa shape index (κ2) is 5.57. The number of nitrogens with two attached hydrogens (primary N) is 1. The molecule has 1 aliphatic carbocycles. The minimum atomic E-state index is 0.603. The highest BCUT2D eigenvalue weighted by Gasteiger charge is 2.20. The van der Waals surface area contributed by atoms with Gasteiger partial charge in [-0.15, -0.1) is 0 Å². The number of ether oxygens (including phenoxy) is 1. The predicted octanol–water partition coefficient (Wildman–Crippen LogP) is 3.72. The predicted molar refractivity (Wildman–Crippen MR) is 80.8 cm³/mol. The monoisotopic (exact) mass is 271 g/mol. The Bertz CT molecular complexity index is 585. The first-order valence-electron chi connectivity index (χ1n) is 7.26. The zero-order valence-corrected chi connectivity index (χ0v) is 11.9. The Labute approximate surface area is 119 Å². The second-order valence-electron chi connectivity index (χ2n) is 5.49. The molecule has 1 aliphatic rings. The van der Waals surface area contributed by atoms with Gasteiger partial charge in [-0.25, -0.2) is 0 Å².